The SMILES string of the molecule is COC(=O)C(C)(C)C(O)c1cc2ccccc2s1. The maximum atomic E-state index is 11.7. The molecule has 1 heterocycles. The van der Waals surface area contributed by atoms with E-state index in [4.69, 9.17) is 4.74 Å². The first kappa shape index (κ1) is 13.1. The van der Waals surface area contributed by atoms with Gasteiger partial charge >= 0.3 is 5.97 Å². The van der Waals surface area contributed by atoms with Crippen LogP contribution in [0.3, 0.4) is 0 Å². The molecule has 1 N–H and O–H groups in total. The molecule has 1 aromatic carbocycles. The van der Waals surface area contributed by atoms with Crippen LogP contribution in [-0.4, -0.2) is 18.2 Å². The van der Waals surface area contributed by atoms with Crippen LogP contribution in [0, 0.1) is 5.41 Å². The molecule has 2 aromatic rings. The zero-order valence-corrected chi connectivity index (χ0v) is 11.5. The minimum absolute atomic E-state index is 0.410. The first-order valence-electron chi connectivity index (χ1n) is 5.71. The molecule has 18 heavy (non-hydrogen) atoms. The molecule has 0 amide bonds. The van der Waals surface area contributed by atoms with Crippen LogP contribution in [-0.2, 0) is 9.53 Å². The maximum Gasteiger partial charge on any atom is 0.314 e. The summed E-state index contributed by atoms with van der Waals surface area (Å²) in [6, 6.07) is 9.83. The number of esters is 1. The third-order valence-corrected chi connectivity index (χ3v) is 4.28. The maximum absolute atomic E-state index is 11.7. The summed E-state index contributed by atoms with van der Waals surface area (Å²) < 4.78 is 5.84. The van der Waals surface area contributed by atoms with E-state index in [-0.39, 0.29) is 0 Å². The van der Waals surface area contributed by atoms with Gasteiger partial charge in [-0.15, -0.1) is 11.3 Å². The number of carbonyl (C=O) groups is 1. The molecule has 96 valence electrons. The largest absolute Gasteiger partial charge is 0.469 e. The Morgan fingerprint density at radius 1 is 1.39 bits per heavy atom. The monoisotopic (exact) mass is 264 g/mol. The molecule has 0 saturated heterocycles. The van der Waals surface area contributed by atoms with Gasteiger partial charge in [0.2, 0.25) is 0 Å². The molecule has 1 atom stereocenters. The van der Waals surface area contributed by atoms with E-state index in [0.29, 0.717) is 0 Å². The molecule has 2 rings (SSSR count). The number of ether oxygens (including phenoxy) is 1. The molecule has 4 heteroatoms. The van der Waals surface area contributed by atoms with Gasteiger partial charge in [-0.25, -0.2) is 0 Å². The minimum atomic E-state index is -0.949. The van der Waals surface area contributed by atoms with Crippen LogP contribution in [0.5, 0.6) is 0 Å². The predicted molar refractivity (Wildman–Crippen MR) is 72.6 cm³/mol. The molecule has 0 saturated carbocycles. The van der Waals surface area contributed by atoms with Gasteiger partial charge in [0.05, 0.1) is 12.5 Å². The zero-order chi connectivity index (χ0) is 13.3. The van der Waals surface area contributed by atoms with Crippen molar-refractivity contribution in [2.75, 3.05) is 7.11 Å². The summed E-state index contributed by atoms with van der Waals surface area (Å²) in [7, 11) is 1.34. The highest BCUT2D eigenvalue weighted by Gasteiger charge is 2.38. The van der Waals surface area contributed by atoms with E-state index < -0.39 is 17.5 Å². The molecule has 0 radical (unpaired) electrons. The van der Waals surface area contributed by atoms with E-state index >= 15 is 0 Å². The van der Waals surface area contributed by atoms with E-state index in [1.54, 1.807) is 13.8 Å². The zero-order valence-electron chi connectivity index (χ0n) is 10.6. The highest BCUT2D eigenvalue weighted by atomic mass is 32.1. The molecule has 1 unspecified atom stereocenters. The summed E-state index contributed by atoms with van der Waals surface area (Å²) in [6.45, 7) is 3.38. The van der Waals surface area contributed by atoms with Crippen molar-refractivity contribution < 1.29 is 14.6 Å². The molecule has 0 aliphatic rings. The van der Waals surface area contributed by atoms with Crippen molar-refractivity contribution >= 4 is 27.4 Å². The molecule has 0 fully saturated rings. The Morgan fingerprint density at radius 3 is 2.67 bits per heavy atom. The number of thiophene rings is 1. The molecule has 0 aliphatic heterocycles. The highest BCUT2D eigenvalue weighted by Crippen LogP contribution is 2.39. The number of rotatable bonds is 3. The van der Waals surface area contributed by atoms with Crippen molar-refractivity contribution in [2.24, 2.45) is 5.41 Å². The number of carbonyl (C=O) groups excluding carboxylic acids is 1. The number of methoxy groups -OCH3 is 1. The first-order chi connectivity index (χ1) is 8.46. The number of hydrogen-bond acceptors (Lipinski definition) is 4. The van der Waals surface area contributed by atoms with E-state index in [1.165, 1.54) is 18.4 Å². The summed E-state index contributed by atoms with van der Waals surface area (Å²) in [6.07, 6.45) is -0.859. The Hall–Kier alpha value is -1.39. The molecular formula is C14H16O3S. The second kappa shape index (κ2) is 4.71. The number of aliphatic hydroxyl groups excluding tert-OH is 1. The van der Waals surface area contributed by atoms with E-state index in [0.717, 1.165) is 15.0 Å². The first-order valence-corrected chi connectivity index (χ1v) is 6.53. The molecule has 3 nitrogen and oxygen atoms in total. The van der Waals surface area contributed by atoms with Crippen molar-refractivity contribution in [1.82, 2.24) is 0 Å². The normalized spacial score (nSPS) is 13.6. The van der Waals surface area contributed by atoms with Crippen molar-refractivity contribution in [3.63, 3.8) is 0 Å². The van der Waals surface area contributed by atoms with Crippen LogP contribution in [0.2, 0.25) is 0 Å². The smallest absolute Gasteiger partial charge is 0.314 e. The van der Waals surface area contributed by atoms with Crippen LogP contribution in [0.25, 0.3) is 10.1 Å². The second-order valence-electron chi connectivity index (χ2n) is 4.80. The molecule has 0 bridgehead atoms. The summed E-state index contributed by atoms with van der Waals surface area (Å²) in [5.41, 5.74) is -0.949. The molecular weight excluding hydrogens is 248 g/mol. The Bertz CT molecular complexity index is 538. The highest BCUT2D eigenvalue weighted by molar-refractivity contribution is 7.19. The standard InChI is InChI=1S/C14H16O3S/c1-14(2,13(16)17-3)12(15)11-8-9-6-4-5-7-10(9)18-11/h4-8,12,15H,1-3H3. The second-order valence-corrected chi connectivity index (χ2v) is 5.92. The van der Waals surface area contributed by atoms with Crippen LogP contribution in [0.4, 0.5) is 0 Å². The van der Waals surface area contributed by atoms with Gasteiger partial charge in [0.15, 0.2) is 0 Å². The summed E-state index contributed by atoms with van der Waals surface area (Å²) in [4.78, 5) is 12.5. The van der Waals surface area contributed by atoms with Crippen LogP contribution in [0.1, 0.15) is 24.8 Å². The molecule has 0 spiro atoms. The lowest BCUT2D eigenvalue weighted by atomic mass is 9.85. The Kier molecular flexibility index (Phi) is 3.41. The lowest BCUT2D eigenvalue weighted by Gasteiger charge is -2.26. The van der Waals surface area contributed by atoms with Gasteiger partial charge in [-0.05, 0) is 31.4 Å². The van der Waals surface area contributed by atoms with Gasteiger partial charge in [-0.3, -0.25) is 4.79 Å². The fraction of sp³-hybridized carbons (Fsp3) is 0.357. The fourth-order valence-corrected chi connectivity index (χ4v) is 3.11. The van der Waals surface area contributed by atoms with Crippen molar-refractivity contribution in [2.45, 2.75) is 20.0 Å². The number of fused-ring (bicyclic) bond motifs is 1. The summed E-state index contributed by atoms with van der Waals surface area (Å²) in [5, 5.41) is 11.4. The average molecular weight is 264 g/mol. The van der Waals surface area contributed by atoms with E-state index in [1.807, 2.05) is 30.3 Å². The quantitative estimate of drug-likeness (QED) is 0.866. The predicted octanol–water partition coefficient (Wildman–Crippen LogP) is 3.13. The van der Waals surface area contributed by atoms with Gasteiger partial charge in [0, 0.05) is 9.58 Å². The van der Waals surface area contributed by atoms with E-state index in [2.05, 4.69) is 0 Å². The topological polar surface area (TPSA) is 46.5 Å². The molecule has 0 aliphatic carbocycles. The van der Waals surface area contributed by atoms with Crippen molar-refractivity contribution in [3.05, 3.63) is 35.2 Å². The van der Waals surface area contributed by atoms with Gasteiger partial charge in [0.25, 0.3) is 0 Å². The van der Waals surface area contributed by atoms with Gasteiger partial charge in [-0.2, -0.15) is 0 Å². The minimum Gasteiger partial charge on any atom is -0.469 e. The van der Waals surface area contributed by atoms with Gasteiger partial charge in [0.1, 0.15) is 6.10 Å². The lowest BCUT2D eigenvalue weighted by molar-refractivity contribution is -0.157. The van der Waals surface area contributed by atoms with Gasteiger partial charge < -0.3 is 9.84 Å². The number of hydrogen-bond donors (Lipinski definition) is 1. The Morgan fingerprint density at radius 2 is 2.06 bits per heavy atom. The van der Waals surface area contributed by atoms with Crippen molar-refractivity contribution in [1.29, 1.82) is 0 Å². The number of benzene rings is 1. The Balaban J connectivity index is 2.39. The Labute approximate surface area is 110 Å². The molecule has 1 aromatic heterocycles. The average Bonchev–Trinajstić information content (AvgIpc) is 2.80. The van der Waals surface area contributed by atoms with Crippen molar-refractivity contribution in [3.8, 4) is 0 Å². The van der Waals surface area contributed by atoms with Gasteiger partial charge in [-0.1, -0.05) is 18.2 Å². The van der Waals surface area contributed by atoms with E-state index in [9.17, 15) is 9.90 Å². The summed E-state index contributed by atoms with van der Waals surface area (Å²) in [5.74, 6) is -0.410. The fourth-order valence-electron chi connectivity index (χ4n) is 1.87. The number of aliphatic hydroxyl groups is 1. The third kappa shape index (κ3) is 2.13. The third-order valence-electron chi connectivity index (χ3n) is 3.11. The summed E-state index contributed by atoms with van der Waals surface area (Å²) >= 11 is 1.50. The van der Waals surface area contributed by atoms with Crippen LogP contribution in [0.15, 0.2) is 30.3 Å². The van der Waals surface area contributed by atoms with Crippen LogP contribution < -0.4 is 0 Å². The lowest BCUT2D eigenvalue weighted by Crippen LogP contribution is -2.32. The van der Waals surface area contributed by atoms with Crippen LogP contribution >= 0.6 is 11.3 Å².